The van der Waals surface area contributed by atoms with Crippen molar-refractivity contribution in [2.75, 3.05) is 58.8 Å². The maximum absolute atomic E-state index is 13.7. The lowest BCUT2D eigenvalue weighted by molar-refractivity contribution is -0.134. The van der Waals surface area contributed by atoms with Crippen LogP contribution in [-0.4, -0.2) is 114 Å². The van der Waals surface area contributed by atoms with Crippen molar-refractivity contribution in [2.45, 2.75) is 32.4 Å². The quantitative estimate of drug-likeness (QED) is 0.341. The van der Waals surface area contributed by atoms with Gasteiger partial charge in [-0.3, -0.25) is 14.2 Å². The van der Waals surface area contributed by atoms with Crippen LogP contribution >= 0.6 is 7.60 Å². The Kier molecular flexibility index (Phi) is 10.9. The number of hydrogen-bond donors (Lipinski definition) is 2. The van der Waals surface area contributed by atoms with E-state index in [-0.39, 0.29) is 62.9 Å². The number of nitrogens with one attached hydrogen (secondary N) is 1. The molecule has 2 N–H and O–H groups in total. The molecule has 0 bridgehead atoms. The first-order valence-corrected chi connectivity index (χ1v) is 15.6. The predicted octanol–water partition coefficient (Wildman–Crippen LogP) is 2.50. The zero-order chi connectivity index (χ0) is 30.1. The van der Waals surface area contributed by atoms with Gasteiger partial charge < -0.3 is 38.7 Å². The first kappa shape index (κ1) is 31.4. The van der Waals surface area contributed by atoms with Crippen molar-refractivity contribution in [1.82, 2.24) is 25.1 Å². The maximum atomic E-state index is 13.7. The number of aromatic nitrogens is 2. The van der Waals surface area contributed by atoms with Crippen LogP contribution in [0.2, 0.25) is 0 Å². The number of amides is 3. The lowest BCUT2D eigenvalue weighted by atomic mass is 10.2. The predicted molar refractivity (Wildman–Crippen MR) is 150 cm³/mol. The first-order chi connectivity index (χ1) is 20.2. The topological polar surface area (TPSA) is 170 Å². The Morgan fingerprint density at radius 1 is 1.07 bits per heavy atom. The smallest absolute Gasteiger partial charge is 0.407 e. The van der Waals surface area contributed by atoms with Crippen molar-refractivity contribution in [3.8, 4) is 17.3 Å². The molecule has 2 atom stereocenters. The summed E-state index contributed by atoms with van der Waals surface area (Å²) in [5.41, 5.74) is 0.592. The fourth-order valence-electron chi connectivity index (χ4n) is 4.61. The summed E-state index contributed by atoms with van der Waals surface area (Å²) >= 11 is 0. The summed E-state index contributed by atoms with van der Waals surface area (Å²) in [6.07, 6.45) is -1.06. The Morgan fingerprint density at radius 3 is 2.33 bits per heavy atom. The molecule has 3 heterocycles. The summed E-state index contributed by atoms with van der Waals surface area (Å²) in [4.78, 5) is 50.2. The highest BCUT2D eigenvalue weighted by molar-refractivity contribution is 7.54. The van der Waals surface area contributed by atoms with Gasteiger partial charge in [-0.1, -0.05) is 30.3 Å². The highest BCUT2D eigenvalue weighted by atomic mass is 31.2. The normalized spacial score (nSPS) is 18.0. The Morgan fingerprint density at radius 2 is 1.74 bits per heavy atom. The van der Waals surface area contributed by atoms with Gasteiger partial charge in [0.15, 0.2) is 5.82 Å². The lowest BCUT2D eigenvalue weighted by Crippen LogP contribution is -2.56. The summed E-state index contributed by atoms with van der Waals surface area (Å²) in [5.74, 6) is -0.834. The lowest BCUT2D eigenvalue weighted by Gasteiger charge is -2.35. The van der Waals surface area contributed by atoms with E-state index < -0.39 is 37.7 Å². The number of benzene rings is 1. The second kappa shape index (κ2) is 14.5. The second-order valence-electron chi connectivity index (χ2n) is 9.63. The summed E-state index contributed by atoms with van der Waals surface area (Å²) < 4.78 is 35.6. The second-order valence-corrected chi connectivity index (χ2v) is 11.7. The largest absolute Gasteiger partial charge is 0.472 e. The average Bonchev–Trinajstić information content (AvgIpc) is 3.50. The van der Waals surface area contributed by atoms with Crippen LogP contribution in [-0.2, 0) is 23.1 Å². The molecular formula is C27H36N5O9P. The third kappa shape index (κ3) is 8.25. The number of hydrogen-bond acceptors (Lipinski definition) is 10. The van der Waals surface area contributed by atoms with Crippen molar-refractivity contribution in [1.29, 1.82) is 0 Å². The van der Waals surface area contributed by atoms with Gasteiger partial charge in [0, 0.05) is 44.2 Å². The highest BCUT2D eigenvalue weighted by Gasteiger charge is 2.37. The van der Waals surface area contributed by atoms with E-state index in [0.717, 1.165) is 0 Å². The van der Waals surface area contributed by atoms with Crippen molar-refractivity contribution < 1.29 is 42.6 Å². The zero-order valence-electron chi connectivity index (χ0n) is 23.6. The molecule has 0 saturated carbocycles. The van der Waals surface area contributed by atoms with E-state index in [9.17, 15) is 24.1 Å². The maximum Gasteiger partial charge on any atom is 0.407 e. The number of nitrogens with zero attached hydrogens (tertiary/aromatic N) is 4. The first-order valence-electron chi connectivity index (χ1n) is 13.9. The monoisotopic (exact) mass is 605 g/mol. The Balaban J connectivity index is 1.62. The van der Waals surface area contributed by atoms with E-state index in [1.54, 1.807) is 26.0 Å². The van der Waals surface area contributed by atoms with Gasteiger partial charge >= 0.3 is 13.7 Å². The number of piperazine rings is 1. The summed E-state index contributed by atoms with van der Waals surface area (Å²) in [6, 6.07) is 9.14. The van der Waals surface area contributed by atoms with Crippen LogP contribution in [0, 0.1) is 0 Å². The van der Waals surface area contributed by atoms with Crippen LogP contribution in [0.15, 0.2) is 36.4 Å². The molecule has 1 aromatic heterocycles. The molecule has 2 fully saturated rings. The van der Waals surface area contributed by atoms with Crippen LogP contribution in [0.3, 0.4) is 0 Å². The molecule has 2 aliphatic rings. The van der Waals surface area contributed by atoms with E-state index >= 15 is 0 Å². The van der Waals surface area contributed by atoms with E-state index in [2.05, 4.69) is 15.3 Å². The minimum absolute atomic E-state index is 0.0612. The molecule has 0 spiro atoms. The molecule has 228 valence electrons. The van der Waals surface area contributed by atoms with E-state index in [1.165, 1.54) is 15.9 Å². The molecular weight excluding hydrogens is 569 g/mol. The Labute approximate surface area is 243 Å². The molecule has 42 heavy (non-hydrogen) atoms. The minimum atomic E-state index is -3.78. The number of carbonyl (C=O) groups is 3. The van der Waals surface area contributed by atoms with Gasteiger partial charge in [0.2, 0.25) is 11.8 Å². The zero-order valence-corrected chi connectivity index (χ0v) is 24.5. The van der Waals surface area contributed by atoms with Crippen LogP contribution in [0.1, 0.15) is 30.8 Å². The number of carboxylic acid groups (broad SMARTS) is 1. The van der Waals surface area contributed by atoms with Gasteiger partial charge in [0.05, 0.1) is 32.6 Å². The highest BCUT2D eigenvalue weighted by Crippen LogP contribution is 2.48. The molecule has 0 unspecified atom stereocenters. The van der Waals surface area contributed by atoms with Crippen molar-refractivity contribution >= 4 is 25.5 Å². The van der Waals surface area contributed by atoms with E-state index in [0.29, 0.717) is 25.2 Å². The minimum Gasteiger partial charge on any atom is -0.472 e. The summed E-state index contributed by atoms with van der Waals surface area (Å²) in [6.45, 7) is 4.81. The summed E-state index contributed by atoms with van der Waals surface area (Å²) in [5, 5.41) is 11.9. The standard InChI is InChI=1S/C27H36N5O9P/c1-3-39-42(37,40-4-2)18-22(26(34)31-11-13-32(14-12-31)27(35)36)29-25(33)21-16-23(41-20-10-15-38-17-20)30-24(28-21)19-8-6-5-7-9-19/h5-9,16,20,22H,3-4,10-15,17-18H2,1-2H3,(H,29,33)(H,35,36)/t20-,22-/m0/s1. The average molecular weight is 606 g/mol. The van der Waals surface area contributed by atoms with Gasteiger partial charge in [-0.25, -0.2) is 9.78 Å². The Hall–Kier alpha value is -3.58. The molecule has 14 nitrogen and oxygen atoms in total. The van der Waals surface area contributed by atoms with Gasteiger partial charge in [0.1, 0.15) is 17.8 Å². The van der Waals surface area contributed by atoms with Crippen molar-refractivity contribution in [3.63, 3.8) is 0 Å². The Bertz CT molecular complexity index is 1270. The molecule has 2 aromatic rings. The van der Waals surface area contributed by atoms with Crippen molar-refractivity contribution in [2.24, 2.45) is 0 Å². The molecule has 4 rings (SSSR count). The number of carbonyl (C=O) groups excluding carboxylic acids is 2. The van der Waals surface area contributed by atoms with Crippen LogP contribution in [0.25, 0.3) is 11.4 Å². The SMILES string of the molecule is CCOP(=O)(C[C@H](NC(=O)c1cc(O[C@H]2CCOC2)nc(-c2ccccc2)n1)C(=O)N1CCN(C(=O)O)CC1)OCC. The molecule has 0 aliphatic carbocycles. The number of ether oxygens (including phenoxy) is 2. The molecule has 1 aromatic carbocycles. The summed E-state index contributed by atoms with van der Waals surface area (Å²) in [7, 11) is -3.78. The van der Waals surface area contributed by atoms with E-state index in [4.69, 9.17) is 18.5 Å². The third-order valence-corrected chi connectivity index (χ3v) is 8.78. The van der Waals surface area contributed by atoms with Gasteiger partial charge in [0.25, 0.3) is 5.91 Å². The van der Waals surface area contributed by atoms with Gasteiger partial charge in [-0.15, -0.1) is 0 Å². The fraction of sp³-hybridized carbons (Fsp3) is 0.519. The van der Waals surface area contributed by atoms with Crippen LogP contribution < -0.4 is 10.1 Å². The fourth-order valence-corrected chi connectivity index (χ4v) is 6.38. The third-order valence-electron chi connectivity index (χ3n) is 6.67. The van der Waals surface area contributed by atoms with Gasteiger partial charge in [-0.2, -0.15) is 4.98 Å². The molecule has 2 saturated heterocycles. The van der Waals surface area contributed by atoms with E-state index in [1.807, 2.05) is 18.2 Å². The molecule has 3 amide bonds. The van der Waals surface area contributed by atoms with Crippen LogP contribution in [0.4, 0.5) is 4.79 Å². The van der Waals surface area contributed by atoms with Gasteiger partial charge in [-0.05, 0) is 13.8 Å². The molecule has 15 heteroatoms. The van der Waals surface area contributed by atoms with Crippen LogP contribution in [0.5, 0.6) is 5.88 Å². The molecule has 2 aliphatic heterocycles. The molecule has 0 radical (unpaired) electrons. The van der Waals surface area contributed by atoms with Crippen molar-refractivity contribution in [3.05, 3.63) is 42.1 Å². The number of rotatable bonds is 12.